The van der Waals surface area contributed by atoms with Gasteiger partial charge in [-0.05, 0) is 43.2 Å². The average molecular weight is 402 g/mol. The van der Waals surface area contributed by atoms with Gasteiger partial charge in [0.2, 0.25) is 5.91 Å². The van der Waals surface area contributed by atoms with Crippen molar-refractivity contribution in [3.05, 3.63) is 65.2 Å². The van der Waals surface area contributed by atoms with E-state index in [1.165, 1.54) is 0 Å². The Morgan fingerprint density at radius 3 is 2.50 bits per heavy atom. The van der Waals surface area contributed by atoms with Crippen molar-refractivity contribution in [2.24, 2.45) is 11.8 Å². The molecule has 6 atom stereocenters. The van der Waals surface area contributed by atoms with Crippen molar-refractivity contribution in [1.82, 2.24) is 10.9 Å². The molecule has 5 N–H and O–H groups in total. The highest BCUT2D eigenvalue weighted by molar-refractivity contribution is 6.30. The highest BCUT2D eigenvalue weighted by atomic mass is 35.5. The summed E-state index contributed by atoms with van der Waals surface area (Å²) >= 11 is 6.05. The highest BCUT2D eigenvalue weighted by Gasteiger charge is 2.57. The second-order valence-electron chi connectivity index (χ2n) is 7.89. The third-order valence-corrected chi connectivity index (χ3v) is 6.15. The monoisotopic (exact) mass is 401 g/mol. The zero-order chi connectivity index (χ0) is 19.9. The predicted molar refractivity (Wildman–Crippen MR) is 108 cm³/mol. The molecule has 7 heteroatoms. The molecule has 2 aliphatic rings. The van der Waals surface area contributed by atoms with Crippen molar-refractivity contribution in [3.8, 4) is 0 Å². The van der Waals surface area contributed by atoms with Gasteiger partial charge in [-0.25, -0.2) is 5.43 Å². The summed E-state index contributed by atoms with van der Waals surface area (Å²) in [4.78, 5) is 13.3. The normalized spacial score (nSPS) is 34.6. The maximum absolute atomic E-state index is 13.3. The van der Waals surface area contributed by atoms with E-state index >= 15 is 0 Å². The lowest BCUT2D eigenvalue weighted by Crippen LogP contribution is -2.57. The molecule has 1 heterocycles. The number of fused-ring (bicyclic) bond motifs is 1. The van der Waals surface area contributed by atoms with Gasteiger partial charge in [0.05, 0.1) is 11.5 Å². The Bertz CT molecular complexity index is 844. The van der Waals surface area contributed by atoms with Crippen LogP contribution >= 0.6 is 11.6 Å². The summed E-state index contributed by atoms with van der Waals surface area (Å²) in [6.45, 7) is 1.69. The van der Waals surface area contributed by atoms with Gasteiger partial charge in [0, 0.05) is 28.6 Å². The number of hydrogen-bond donors (Lipinski definition) is 5. The van der Waals surface area contributed by atoms with Crippen LogP contribution in [0.2, 0.25) is 5.02 Å². The van der Waals surface area contributed by atoms with Gasteiger partial charge in [0.15, 0.2) is 0 Å². The molecule has 6 nitrogen and oxygen atoms in total. The molecule has 2 fully saturated rings. The fraction of sp³-hybridized carbons (Fsp3) is 0.381. The Labute approximate surface area is 168 Å². The molecule has 6 unspecified atom stereocenters. The Morgan fingerprint density at radius 1 is 1.14 bits per heavy atom. The number of rotatable bonds is 3. The van der Waals surface area contributed by atoms with Crippen LogP contribution in [-0.4, -0.2) is 34.0 Å². The van der Waals surface area contributed by atoms with E-state index < -0.39 is 23.7 Å². The number of anilines is 1. The number of carbonyl (C=O) groups is 1. The number of para-hydroxylation sites is 1. The SMILES string of the molecule is CC1(O)CC2NNC(O)C2C(c2ccc(Cl)cc2)C1C(=O)Nc1ccccc1. The molecule has 148 valence electrons. The van der Waals surface area contributed by atoms with E-state index in [0.29, 0.717) is 17.1 Å². The second-order valence-corrected chi connectivity index (χ2v) is 8.33. The lowest BCUT2D eigenvalue weighted by atomic mass is 9.60. The largest absolute Gasteiger partial charge is 0.389 e. The van der Waals surface area contributed by atoms with E-state index in [1.807, 2.05) is 42.5 Å². The van der Waals surface area contributed by atoms with E-state index in [4.69, 9.17) is 11.6 Å². The predicted octanol–water partition coefficient (Wildman–Crippen LogP) is 2.24. The molecule has 1 aliphatic heterocycles. The molecular weight excluding hydrogens is 378 g/mol. The first kappa shape index (κ1) is 19.4. The van der Waals surface area contributed by atoms with Crippen molar-refractivity contribution in [3.63, 3.8) is 0 Å². The van der Waals surface area contributed by atoms with Crippen LogP contribution in [0, 0.1) is 11.8 Å². The minimum atomic E-state index is -1.26. The Morgan fingerprint density at radius 2 is 1.82 bits per heavy atom. The second kappa shape index (κ2) is 7.46. The summed E-state index contributed by atoms with van der Waals surface area (Å²) < 4.78 is 0. The Kier molecular flexibility index (Phi) is 5.16. The summed E-state index contributed by atoms with van der Waals surface area (Å²) in [6.07, 6.45) is -0.479. The smallest absolute Gasteiger partial charge is 0.231 e. The van der Waals surface area contributed by atoms with Crippen molar-refractivity contribution in [1.29, 1.82) is 0 Å². The number of hydrogen-bond acceptors (Lipinski definition) is 5. The fourth-order valence-corrected chi connectivity index (χ4v) is 4.83. The molecule has 1 aliphatic carbocycles. The number of aliphatic hydroxyl groups excluding tert-OH is 1. The van der Waals surface area contributed by atoms with Crippen LogP contribution in [0.3, 0.4) is 0 Å². The lowest BCUT2D eigenvalue weighted by molar-refractivity contribution is -0.138. The lowest BCUT2D eigenvalue weighted by Gasteiger charge is -2.47. The van der Waals surface area contributed by atoms with Crippen LogP contribution < -0.4 is 16.2 Å². The average Bonchev–Trinajstić information content (AvgIpc) is 3.01. The quantitative estimate of drug-likeness (QED) is 0.544. The Hall–Kier alpha value is -1.96. The van der Waals surface area contributed by atoms with Crippen LogP contribution in [0.5, 0.6) is 0 Å². The number of amides is 1. The van der Waals surface area contributed by atoms with Crippen molar-refractivity contribution in [2.45, 2.75) is 37.1 Å². The van der Waals surface area contributed by atoms with Crippen LogP contribution in [-0.2, 0) is 4.79 Å². The molecule has 2 aromatic carbocycles. The van der Waals surface area contributed by atoms with Crippen LogP contribution in [0.1, 0.15) is 24.8 Å². The van der Waals surface area contributed by atoms with Gasteiger partial charge in [-0.2, -0.15) is 0 Å². The summed E-state index contributed by atoms with van der Waals surface area (Å²) in [7, 11) is 0. The number of halogens is 1. The van der Waals surface area contributed by atoms with Crippen LogP contribution in [0.15, 0.2) is 54.6 Å². The molecule has 2 aromatic rings. The molecule has 1 amide bonds. The number of hydrazine groups is 1. The molecule has 28 heavy (non-hydrogen) atoms. The van der Waals surface area contributed by atoms with Gasteiger partial charge in [0.1, 0.15) is 6.23 Å². The molecule has 1 saturated heterocycles. The molecule has 1 saturated carbocycles. The van der Waals surface area contributed by atoms with Crippen molar-refractivity contribution in [2.75, 3.05) is 5.32 Å². The molecule has 0 radical (unpaired) electrons. The first-order valence-corrected chi connectivity index (χ1v) is 9.77. The number of aliphatic hydroxyl groups is 2. The van der Waals surface area contributed by atoms with Crippen molar-refractivity contribution >= 4 is 23.2 Å². The fourth-order valence-electron chi connectivity index (χ4n) is 4.71. The van der Waals surface area contributed by atoms with E-state index in [0.717, 1.165) is 5.56 Å². The number of nitrogens with one attached hydrogen (secondary N) is 3. The summed E-state index contributed by atoms with van der Waals surface area (Å²) in [5.41, 5.74) is 6.19. The summed E-state index contributed by atoms with van der Waals surface area (Å²) in [6, 6.07) is 16.3. The van der Waals surface area contributed by atoms with E-state index in [1.54, 1.807) is 19.1 Å². The molecular formula is C21H24ClN3O3. The molecule has 0 bridgehead atoms. The topological polar surface area (TPSA) is 93.6 Å². The number of benzene rings is 2. The van der Waals surface area contributed by atoms with Gasteiger partial charge >= 0.3 is 0 Å². The maximum Gasteiger partial charge on any atom is 0.231 e. The molecule has 0 spiro atoms. The van der Waals surface area contributed by atoms with E-state index in [9.17, 15) is 15.0 Å². The van der Waals surface area contributed by atoms with Gasteiger partial charge in [-0.15, -0.1) is 0 Å². The van der Waals surface area contributed by atoms with E-state index in [-0.39, 0.29) is 17.9 Å². The van der Waals surface area contributed by atoms with Gasteiger partial charge in [-0.3, -0.25) is 10.2 Å². The minimum absolute atomic E-state index is 0.161. The van der Waals surface area contributed by atoms with Gasteiger partial charge in [-0.1, -0.05) is 41.9 Å². The molecule has 4 rings (SSSR count). The zero-order valence-electron chi connectivity index (χ0n) is 15.5. The third kappa shape index (κ3) is 3.54. The van der Waals surface area contributed by atoms with Gasteiger partial charge in [0.25, 0.3) is 0 Å². The number of carbonyl (C=O) groups excluding carboxylic acids is 1. The van der Waals surface area contributed by atoms with E-state index in [2.05, 4.69) is 16.2 Å². The first-order valence-electron chi connectivity index (χ1n) is 9.40. The molecule has 0 aromatic heterocycles. The van der Waals surface area contributed by atoms with Crippen molar-refractivity contribution < 1.29 is 15.0 Å². The summed E-state index contributed by atoms with van der Waals surface area (Å²) in [5, 5.41) is 25.3. The minimum Gasteiger partial charge on any atom is -0.389 e. The third-order valence-electron chi connectivity index (χ3n) is 5.90. The zero-order valence-corrected chi connectivity index (χ0v) is 16.2. The standard InChI is InChI=1S/C21H24ClN3O3/c1-21(28)11-15-17(19(26)25-24-15)16(12-7-9-13(22)10-8-12)18(21)20(27)23-14-5-3-2-4-6-14/h2-10,15-19,24-26,28H,11H2,1H3,(H,23,27). The summed E-state index contributed by atoms with van der Waals surface area (Å²) in [5.74, 6) is -1.68. The van der Waals surface area contributed by atoms with Crippen LogP contribution in [0.25, 0.3) is 0 Å². The first-order chi connectivity index (χ1) is 13.4. The highest BCUT2D eigenvalue weighted by Crippen LogP contribution is 2.49. The van der Waals surface area contributed by atoms with Crippen LogP contribution in [0.4, 0.5) is 5.69 Å². The maximum atomic E-state index is 13.3. The Balaban J connectivity index is 1.74. The van der Waals surface area contributed by atoms with Gasteiger partial charge < -0.3 is 15.5 Å².